The molecule has 0 atom stereocenters. The van der Waals surface area contributed by atoms with Gasteiger partial charge in [-0.3, -0.25) is 4.57 Å². The van der Waals surface area contributed by atoms with Crippen molar-refractivity contribution in [1.29, 1.82) is 0 Å². The van der Waals surface area contributed by atoms with Crippen molar-refractivity contribution in [1.82, 2.24) is 14.5 Å². The van der Waals surface area contributed by atoms with E-state index in [0.717, 1.165) is 39.1 Å². The minimum absolute atomic E-state index is 0.832. The van der Waals surface area contributed by atoms with Gasteiger partial charge in [0.25, 0.3) is 0 Å². The minimum Gasteiger partial charge on any atom is -0.292 e. The third-order valence-corrected chi connectivity index (χ3v) is 9.33. The Hall–Kier alpha value is -6.06. The first-order chi connectivity index (χ1) is 22.3. The molecule has 0 saturated heterocycles. The SMILES string of the molecule is c1ccc(-c2nc3ccccc3nc2-n2c3ccccc3c3cc4c(cc32)-c2ccccc2-c2cccc3cccc-4c23)cc1. The number of benzene rings is 7. The van der Waals surface area contributed by atoms with Gasteiger partial charge in [-0.2, -0.15) is 0 Å². The lowest BCUT2D eigenvalue weighted by Gasteiger charge is -2.15. The highest BCUT2D eigenvalue weighted by Crippen LogP contribution is 2.49. The number of nitrogens with zero attached hydrogens (tertiary/aromatic N) is 3. The summed E-state index contributed by atoms with van der Waals surface area (Å²) >= 11 is 0. The van der Waals surface area contributed by atoms with E-state index in [1.165, 1.54) is 54.9 Å². The van der Waals surface area contributed by atoms with Gasteiger partial charge in [-0.25, -0.2) is 9.97 Å². The highest BCUT2D eigenvalue weighted by Gasteiger charge is 2.25. The first-order valence-electron chi connectivity index (χ1n) is 15.4. The number of hydrogen-bond acceptors (Lipinski definition) is 2. The Kier molecular flexibility index (Phi) is 5.00. The van der Waals surface area contributed by atoms with Crippen LogP contribution < -0.4 is 0 Å². The molecule has 208 valence electrons. The van der Waals surface area contributed by atoms with Crippen molar-refractivity contribution in [3.63, 3.8) is 0 Å². The molecule has 0 aliphatic heterocycles. The Morgan fingerprint density at radius 2 is 1.00 bits per heavy atom. The Labute approximate surface area is 259 Å². The number of hydrogen-bond donors (Lipinski definition) is 0. The zero-order valence-corrected chi connectivity index (χ0v) is 24.3. The van der Waals surface area contributed by atoms with E-state index in [0.29, 0.717) is 0 Å². The molecule has 7 aromatic carbocycles. The van der Waals surface area contributed by atoms with Gasteiger partial charge >= 0.3 is 0 Å². The molecule has 0 radical (unpaired) electrons. The molecule has 0 fully saturated rings. The topological polar surface area (TPSA) is 30.7 Å². The number of para-hydroxylation sites is 3. The van der Waals surface area contributed by atoms with Crippen LogP contribution in [0, 0.1) is 0 Å². The highest BCUT2D eigenvalue weighted by atomic mass is 15.1. The van der Waals surface area contributed by atoms with E-state index in [2.05, 4.69) is 132 Å². The fourth-order valence-corrected chi connectivity index (χ4v) is 7.37. The summed E-state index contributed by atoms with van der Waals surface area (Å²) in [6.07, 6.45) is 0. The van der Waals surface area contributed by atoms with E-state index in [4.69, 9.17) is 9.97 Å². The highest BCUT2D eigenvalue weighted by molar-refractivity contribution is 6.18. The molecule has 45 heavy (non-hydrogen) atoms. The predicted octanol–water partition coefficient (Wildman–Crippen LogP) is 10.9. The molecule has 0 bridgehead atoms. The first kappa shape index (κ1) is 24.4. The maximum Gasteiger partial charge on any atom is 0.165 e. The van der Waals surface area contributed by atoms with Crippen molar-refractivity contribution in [2.45, 2.75) is 0 Å². The van der Waals surface area contributed by atoms with Gasteiger partial charge in [0.1, 0.15) is 5.69 Å². The van der Waals surface area contributed by atoms with Gasteiger partial charge in [-0.1, -0.05) is 121 Å². The van der Waals surface area contributed by atoms with E-state index < -0.39 is 0 Å². The van der Waals surface area contributed by atoms with Crippen LogP contribution in [0.15, 0.2) is 152 Å². The van der Waals surface area contributed by atoms with Crippen LogP contribution in [0.5, 0.6) is 0 Å². The molecule has 0 amide bonds. The van der Waals surface area contributed by atoms with E-state index in [9.17, 15) is 0 Å². The first-order valence-corrected chi connectivity index (χ1v) is 15.4. The lowest BCUT2D eigenvalue weighted by molar-refractivity contribution is 1.08. The van der Waals surface area contributed by atoms with Crippen LogP contribution in [0.1, 0.15) is 0 Å². The molecule has 10 rings (SSSR count). The number of aromatic nitrogens is 3. The van der Waals surface area contributed by atoms with E-state index >= 15 is 0 Å². The average molecular weight is 572 g/mol. The van der Waals surface area contributed by atoms with Crippen LogP contribution in [0.2, 0.25) is 0 Å². The number of rotatable bonds is 2. The summed E-state index contributed by atoms with van der Waals surface area (Å²) in [5.41, 5.74) is 13.4. The summed E-state index contributed by atoms with van der Waals surface area (Å²) < 4.78 is 2.33. The fourth-order valence-electron chi connectivity index (χ4n) is 7.37. The summed E-state index contributed by atoms with van der Waals surface area (Å²) in [7, 11) is 0. The Bertz CT molecular complexity index is 2640. The van der Waals surface area contributed by atoms with Gasteiger partial charge in [0.05, 0.1) is 22.1 Å². The van der Waals surface area contributed by atoms with Crippen LogP contribution in [-0.2, 0) is 0 Å². The minimum atomic E-state index is 0.832. The van der Waals surface area contributed by atoms with Crippen LogP contribution >= 0.6 is 0 Å². The van der Waals surface area contributed by atoms with Crippen molar-refractivity contribution in [3.05, 3.63) is 152 Å². The average Bonchev–Trinajstić information content (AvgIpc) is 3.37. The second-order valence-corrected chi connectivity index (χ2v) is 11.8. The van der Waals surface area contributed by atoms with Gasteiger partial charge < -0.3 is 0 Å². The molecular formula is C42H25N3. The monoisotopic (exact) mass is 571 g/mol. The lowest BCUT2D eigenvalue weighted by Crippen LogP contribution is -2.03. The molecule has 2 heterocycles. The predicted molar refractivity (Wildman–Crippen MR) is 187 cm³/mol. The summed E-state index contributed by atoms with van der Waals surface area (Å²) in [5, 5.41) is 4.96. The third-order valence-electron chi connectivity index (χ3n) is 9.33. The van der Waals surface area contributed by atoms with Gasteiger partial charge in [0.2, 0.25) is 0 Å². The fraction of sp³-hybridized carbons (Fsp3) is 0. The molecule has 1 aliphatic rings. The van der Waals surface area contributed by atoms with Crippen molar-refractivity contribution in [2.75, 3.05) is 0 Å². The van der Waals surface area contributed by atoms with Crippen LogP contribution in [0.4, 0.5) is 0 Å². The molecule has 3 nitrogen and oxygen atoms in total. The molecular weight excluding hydrogens is 546 g/mol. The Morgan fingerprint density at radius 3 is 1.80 bits per heavy atom. The van der Waals surface area contributed by atoms with E-state index in [-0.39, 0.29) is 0 Å². The van der Waals surface area contributed by atoms with Gasteiger partial charge in [-0.15, -0.1) is 0 Å². The van der Waals surface area contributed by atoms with E-state index in [1.54, 1.807) is 0 Å². The van der Waals surface area contributed by atoms with Crippen LogP contribution in [-0.4, -0.2) is 14.5 Å². The molecule has 1 aliphatic carbocycles. The standard InChI is InChI=1S/C42H25N3/c1-2-12-27(13-3-1)41-42(44-37-22-8-7-21-36(37)43-41)45-38-23-9-6-18-30(38)35-24-33-32-20-11-15-26-14-10-19-31(40(26)32)28-16-4-5-17-29(28)34(33)25-39(35)45/h1-25H. The van der Waals surface area contributed by atoms with Crippen molar-refractivity contribution >= 4 is 43.6 Å². The quantitative estimate of drug-likeness (QED) is 0.207. The summed E-state index contributed by atoms with van der Waals surface area (Å²) in [4.78, 5) is 10.6. The largest absolute Gasteiger partial charge is 0.292 e. The van der Waals surface area contributed by atoms with Gasteiger partial charge in [-0.05, 0) is 74.5 Å². The molecule has 0 saturated carbocycles. The number of fused-ring (bicyclic) bond motifs is 9. The summed E-state index contributed by atoms with van der Waals surface area (Å²) in [5.74, 6) is 0.832. The molecule has 0 unspecified atom stereocenters. The zero-order chi connectivity index (χ0) is 29.5. The molecule has 0 spiro atoms. The third kappa shape index (κ3) is 3.46. The molecule has 2 aromatic heterocycles. The molecule has 0 N–H and O–H groups in total. The van der Waals surface area contributed by atoms with Crippen molar-refractivity contribution in [2.24, 2.45) is 0 Å². The zero-order valence-electron chi connectivity index (χ0n) is 24.3. The van der Waals surface area contributed by atoms with E-state index in [1.807, 2.05) is 24.3 Å². The second-order valence-electron chi connectivity index (χ2n) is 11.8. The normalized spacial score (nSPS) is 12.0. The van der Waals surface area contributed by atoms with Crippen LogP contribution in [0.25, 0.3) is 94.1 Å². The van der Waals surface area contributed by atoms with Gasteiger partial charge in [0.15, 0.2) is 5.82 Å². The summed E-state index contributed by atoms with van der Waals surface area (Å²) in [6, 6.07) is 54.2. The van der Waals surface area contributed by atoms with Gasteiger partial charge in [0, 0.05) is 16.3 Å². The smallest absolute Gasteiger partial charge is 0.165 e. The summed E-state index contributed by atoms with van der Waals surface area (Å²) in [6.45, 7) is 0. The molecule has 3 heteroatoms. The van der Waals surface area contributed by atoms with Crippen molar-refractivity contribution in [3.8, 4) is 50.5 Å². The Balaban J connectivity index is 1.39. The Morgan fingerprint density at radius 1 is 0.400 bits per heavy atom. The second kappa shape index (κ2) is 9.22. The van der Waals surface area contributed by atoms with Crippen molar-refractivity contribution < 1.29 is 0 Å². The van der Waals surface area contributed by atoms with Crippen LogP contribution in [0.3, 0.4) is 0 Å². The maximum atomic E-state index is 5.33. The molecule has 9 aromatic rings. The maximum absolute atomic E-state index is 5.33. The lowest BCUT2D eigenvalue weighted by atomic mass is 9.92.